The first-order chi connectivity index (χ1) is 39.6. The Morgan fingerprint density at radius 3 is 1.05 bits per heavy atom. The Kier molecular flexibility index (Phi) is 58.5. The maximum Gasteiger partial charge on any atom is 0.361 e. The van der Waals surface area contributed by atoms with Crippen LogP contribution in [0.4, 0.5) is 0 Å². The van der Waals surface area contributed by atoms with Crippen molar-refractivity contribution in [2.45, 2.75) is 270 Å². The van der Waals surface area contributed by atoms with E-state index in [0.29, 0.717) is 17.4 Å². The van der Waals surface area contributed by atoms with Crippen molar-refractivity contribution in [3.05, 3.63) is 122 Å². The molecule has 1 N–H and O–H groups in total. The number of nitrogens with zero attached hydrogens (tertiary/aromatic N) is 1. The van der Waals surface area contributed by atoms with E-state index in [0.717, 1.165) is 116 Å². The largest absolute Gasteiger partial charge is 0.477 e. The van der Waals surface area contributed by atoms with Gasteiger partial charge in [0.1, 0.15) is 13.2 Å². The van der Waals surface area contributed by atoms with E-state index in [1.165, 1.54) is 109 Å². The van der Waals surface area contributed by atoms with Crippen molar-refractivity contribution in [2.75, 3.05) is 47.5 Å². The molecule has 0 radical (unpaired) electrons. The third-order valence-corrected chi connectivity index (χ3v) is 13.7. The smallest absolute Gasteiger partial charge is 0.361 e. The summed E-state index contributed by atoms with van der Waals surface area (Å²) < 4.78 is 22.9. The van der Waals surface area contributed by atoms with Crippen molar-refractivity contribution in [1.29, 1.82) is 0 Å². The summed E-state index contributed by atoms with van der Waals surface area (Å²) in [6.45, 7) is 4.74. The molecule has 2 unspecified atom stereocenters. The minimum absolute atomic E-state index is 0.180. The van der Waals surface area contributed by atoms with Gasteiger partial charge in [-0.2, -0.15) is 0 Å². The molecule has 0 aliphatic carbocycles. The van der Waals surface area contributed by atoms with Gasteiger partial charge in [-0.25, -0.2) is 4.79 Å². The van der Waals surface area contributed by atoms with Gasteiger partial charge in [-0.15, -0.1) is 0 Å². The molecule has 0 amide bonds. The van der Waals surface area contributed by atoms with Crippen molar-refractivity contribution in [3.63, 3.8) is 0 Å². The summed E-state index contributed by atoms with van der Waals surface area (Å²) in [5.74, 6) is -2.02. The Labute approximate surface area is 497 Å². The molecule has 0 aromatic rings. The topological polar surface area (TPSA) is 108 Å². The number of likely N-dealkylation sites (N-methyl/N-ethyl adjacent to an activating group) is 1. The lowest BCUT2D eigenvalue weighted by atomic mass is 10.0. The Balaban J connectivity index is 4.21. The number of esters is 2. The quantitative estimate of drug-likeness (QED) is 0.0211. The molecule has 0 saturated heterocycles. The Hall–Kier alpha value is -4.31. The van der Waals surface area contributed by atoms with Crippen LogP contribution in [0.1, 0.15) is 258 Å². The number of unbranched alkanes of at least 4 members (excludes halogenated alkanes) is 24. The molecule has 0 heterocycles. The zero-order valence-corrected chi connectivity index (χ0v) is 52.7. The van der Waals surface area contributed by atoms with Gasteiger partial charge in [-0.05, 0) is 109 Å². The average Bonchev–Trinajstić information content (AvgIpc) is 3.44. The van der Waals surface area contributed by atoms with Crippen LogP contribution in [0.2, 0.25) is 0 Å². The number of hydrogen-bond donors (Lipinski definition) is 1. The van der Waals surface area contributed by atoms with Crippen LogP contribution < -0.4 is 0 Å². The first-order valence-corrected chi connectivity index (χ1v) is 32.7. The number of ether oxygens (including phenoxy) is 4. The fraction of sp³-hybridized carbons (Fsp3) is 0.681. The van der Waals surface area contributed by atoms with Gasteiger partial charge in [-0.1, -0.05) is 257 Å². The van der Waals surface area contributed by atoms with Crippen molar-refractivity contribution in [3.8, 4) is 0 Å². The minimum Gasteiger partial charge on any atom is -0.477 e. The Morgan fingerprint density at radius 2 is 0.704 bits per heavy atom. The summed E-state index contributed by atoms with van der Waals surface area (Å²) in [7, 11) is 5.96. The second kappa shape index (κ2) is 61.8. The van der Waals surface area contributed by atoms with Crippen LogP contribution in [0.15, 0.2) is 122 Å². The first-order valence-electron chi connectivity index (χ1n) is 32.7. The van der Waals surface area contributed by atoms with Crippen LogP contribution in [0.3, 0.4) is 0 Å². The summed E-state index contributed by atoms with van der Waals surface area (Å²) in [5, 5.41) is 9.73. The van der Waals surface area contributed by atoms with Gasteiger partial charge < -0.3 is 28.5 Å². The molecule has 0 saturated carbocycles. The number of rotatable bonds is 59. The van der Waals surface area contributed by atoms with E-state index in [1.807, 2.05) is 21.1 Å². The molecule has 9 heteroatoms. The van der Waals surface area contributed by atoms with Gasteiger partial charge in [0.15, 0.2) is 6.10 Å². The summed E-state index contributed by atoms with van der Waals surface area (Å²) in [5.41, 5.74) is 0. The number of allylic oxidation sites excluding steroid dienone is 20. The normalized spacial score (nSPS) is 13.5. The molecule has 0 spiro atoms. The van der Waals surface area contributed by atoms with Gasteiger partial charge in [0.05, 0.1) is 34.4 Å². The predicted octanol–water partition coefficient (Wildman–Crippen LogP) is 20.0. The molecule has 0 aromatic heterocycles. The summed E-state index contributed by atoms with van der Waals surface area (Å²) in [4.78, 5) is 37.6. The van der Waals surface area contributed by atoms with Gasteiger partial charge in [0.25, 0.3) is 6.29 Å². The molecule has 9 nitrogen and oxygen atoms in total. The van der Waals surface area contributed by atoms with E-state index in [2.05, 4.69) is 135 Å². The molecular formula is C72H122NO8+. The molecule has 0 aliphatic heterocycles. The molecule has 0 bridgehead atoms. The third kappa shape index (κ3) is 63.1. The maximum absolute atomic E-state index is 12.9. The Bertz CT molecular complexity index is 1740. The van der Waals surface area contributed by atoms with Crippen molar-refractivity contribution >= 4 is 17.9 Å². The van der Waals surface area contributed by atoms with E-state index in [9.17, 15) is 19.5 Å². The highest BCUT2D eigenvalue weighted by Crippen LogP contribution is 2.16. The lowest BCUT2D eigenvalue weighted by Crippen LogP contribution is -2.40. The monoisotopic (exact) mass is 1130 g/mol. The molecule has 2 atom stereocenters. The van der Waals surface area contributed by atoms with Gasteiger partial charge in [0.2, 0.25) is 0 Å². The molecule has 462 valence electrons. The predicted molar refractivity (Wildman–Crippen MR) is 345 cm³/mol. The van der Waals surface area contributed by atoms with Crippen LogP contribution in [-0.2, 0) is 33.3 Å². The SMILES string of the molecule is CC/C=C\C/C=C\C/C=C\C/C=C\C/C=C\C/C=C\C/C=C\CCCCCCCCCCCCCC(=O)OC(COC(=O)CCCCCCCCCC/C=C\C/C=C\C/C=C\CCCCCCC)COC(OCC[N+](C)(C)C)C(=O)O. The standard InChI is InChI=1S/C72H121NO8/c1-6-8-10-12-14-16-18-20-22-24-26-28-30-31-32-33-34-35-36-37-38-39-41-43-45-47-49-51-53-55-57-59-61-63-70(75)81-68(67-80-72(71(76)77)78-65-64-73(3,4)5)66-79-69(74)62-60-58-56-54-52-50-48-46-44-42-40-29-27-25-23-21-19-17-15-13-11-9-7-2/h8,10,14,16,19-22,25-28,31-32,34-35,37-38,40,42,68,72H,6-7,9,11-13,15,17-18,23-24,29-30,33,36,39,41,43-67H2,1-5H3/p+1/b10-8-,16-14-,21-19-,22-20-,27-25-,28-26-,32-31-,35-34-,38-37-,42-40-. The highest BCUT2D eigenvalue weighted by molar-refractivity contribution is 5.71. The van der Waals surface area contributed by atoms with E-state index < -0.39 is 24.3 Å². The number of aliphatic carboxylic acids is 1. The molecule has 0 aromatic carbocycles. The molecular weight excluding hydrogens is 1010 g/mol. The molecule has 0 fully saturated rings. The second-order valence-electron chi connectivity index (χ2n) is 22.7. The highest BCUT2D eigenvalue weighted by atomic mass is 16.7. The fourth-order valence-electron chi connectivity index (χ4n) is 8.71. The van der Waals surface area contributed by atoms with Gasteiger partial charge in [0, 0.05) is 12.8 Å². The molecule has 0 aliphatic rings. The lowest BCUT2D eigenvalue weighted by molar-refractivity contribution is -0.870. The Morgan fingerprint density at radius 1 is 0.383 bits per heavy atom. The van der Waals surface area contributed by atoms with Crippen molar-refractivity contribution in [1.82, 2.24) is 0 Å². The number of carboxylic acid groups (broad SMARTS) is 1. The van der Waals surface area contributed by atoms with Gasteiger partial charge in [-0.3, -0.25) is 9.59 Å². The summed E-state index contributed by atoms with van der Waals surface area (Å²) in [6.07, 6.45) is 84.3. The van der Waals surface area contributed by atoms with Gasteiger partial charge >= 0.3 is 17.9 Å². The zero-order valence-electron chi connectivity index (χ0n) is 52.7. The number of quaternary nitrogens is 1. The average molecular weight is 1130 g/mol. The second-order valence-corrected chi connectivity index (χ2v) is 22.7. The summed E-state index contributed by atoms with van der Waals surface area (Å²) in [6, 6.07) is 0. The van der Waals surface area contributed by atoms with Crippen LogP contribution >= 0.6 is 0 Å². The van der Waals surface area contributed by atoms with Crippen LogP contribution in [0.5, 0.6) is 0 Å². The number of hydrogen-bond acceptors (Lipinski definition) is 7. The fourth-order valence-corrected chi connectivity index (χ4v) is 8.71. The highest BCUT2D eigenvalue weighted by Gasteiger charge is 2.25. The number of carboxylic acids is 1. The van der Waals surface area contributed by atoms with E-state index >= 15 is 0 Å². The van der Waals surface area contributed by atoms with Crippen LogP contribution in [0, 0.1) is 0 Å². The molecule has 0 rings (SSSR count). The zero-order chi connectivity index (χ0) is 59.1. The minimum atomic E-state index is -1.52. The van der Waals surface area contributed by atoms with Crippen LogP contribution in [0.25, 0.3) is 0 Å². The lowest BCUT2D eigenvalue weighted by Gasteiger charge is -2.25. The third-order valence-electron chi connectivity index (χ3n) is 13.7. The summed E-state index contributed by atoms with van der Waals surface area (Å²) >= 11 is 0. The van der Waals surface area contributed by atoms with E-state index in [-0.39, 0.29) is 38.6 Å². The maximum atomic E-state index is 12.9. The van der Waals surface area contributed by atoms with Crippen molar-refractivity contribution in [2.24, 2.45) is 0 Å². The van der Waals surface area contributed by atoms with E-state index in [1.54, 1.807) is 0 Å². The van der Waals surface area contributed by atoms with Crippen LogP contribution in [-0.4, -0.2) is 87.4 Å². The van der Waals surface area contributed by atoms with E-state index in [4.69, 9.17) is 18.9 Å². The number of carbonyl (C=O) groups excluding carboxylic acids is 2. The van der Waals surface area contributed by atoms with Crippen molar-refractivity contribution < 1.29 is 42.9 Å². The first kappa shape index (κ1) is 76.7. The number of carbonyl (C=O) groups is 3. The molecule has 81 heavy (non-hydrogen) atoms.